The summed E-state index contributed by atoms with van der Waals surface area (Å²) < 4.78 is 0. The van der Waals surface area contributed by atoms with Gasteiger partial charge in [0.25, 0.3) is 0 Å². The van der Waals surface area contributed by atoms with E-state index in [2.05, 4.69) is 15.2 Å². The van der Waals surface area contributed by atoms with Crippen molar-refractivity contribution in [1.82, 2.24) is 14.8 Å². The predicted octanol–water partition coefficient (Wildman–Crippen LogP) is 2.24. The Morgan fingerprint density at radius 2 is 2.04 bits per heavy atom. The van der Waals surface area contributed by atoms with E-state index in [1.807, 2.05) is 36.0 Å². The molecule has 0 spiro atoms. The number of likely N-dealkylation sites (tertiary alicyclic amines) is 2. The lowest BCUT2D eigenvalue weighted by molar-refractivity contribution is 0.186. The number of amides is 2. The Hall–Kier alpha value is -1.82. The van der Waals surface area contributed by atoms with Crippen molar-refractivity contribution in [2.45, 2.75) is 31.7 Å². The van der Waals surface area contributed by atoms with E-state index in [1.54, 1.807) is 6.20 Å². The maximum Gasteiger partial charge on any atom is 0.322 e. The van der Waals surface area contributed by atoms with Crippen LogP contribution in [0.2, 0.25) is 0 Å². The van der Waals surface area contributed by atoms with E-state index in [-0.39, 0.29) is 6.03 Å². The summed E-state index contributed by atoms with van der Waals surface area (Å²) in [6.45, 7) is 4.24. The fraction of sp³-hybridized carbons (Fsp3) is 0.647. The summed E-state index contributed by atoms with van der Waals surface area (Å²) in [5.74, 6) is 0.885. The molecule has 1 N–H and O–H groups in total. The Balaban J connectivity index is 1.57. The Bertz CT molecular complexity index is 524. The van der Waals surface area contributed by atoms with E-state index < -0.39 is 0 Å². The molecule has 2 aliphatic heterocycles. The fourth-order valence-electron chi connectivity index (χ4n) is 3.48. The molecule has 23 heavy (non-hydrogen) atoms. The number of nitrogens with one attached hydrogen (secondary N) is 1. The van der Waals surface area contributed by atoms with E-state index in [0.29, 0.717) is 6.04 Å². The van der Waals surface area contributed by atoms with Crippen molar-refractivity contribution in [3.8, 4) is 0 Å². The van der Waals surface area contributed by atoms with Gasteiger partial charge in [-0.2, -0.15) is 0 Å². The third-order valence-electron chi connectivity index (χ3n) is 4.76. The van der Waals surface area contributed by atoms with Crippen LogP contribution in [0.15, 0.2) is 18.3 Å². The van der Waals surface area contributed by atoms with Crippen molar-refractivity contribution in [1.29, 1.82) is 0 Å². The zero-order chi connectivity index (χ0) is 16.2. The number of anilines is 2. The van der Waals surface area contributed by atoms with Crippen molar-refractivity contribution < 1.29 is 4.79 Å². The van der Waals surface area contributed by atoms with Gasteiger partial charge in [0.2, 0.25) is 0 Å². The Morgan fingerprint density at radius 3 is 2.70 bits per heavy atom. The molecule has 0 saturated carbocycles. The molecule has 0 aromatic carbocycles. The average molecular weight is 317 g/mol. The molecule has 2 aliphatic rings. The summed E-state index contributed by atoms with van der Waals surface area (Å²) in [7, 11) is 3.90. The first-order valence-electron chi connectivity index (χ1n) is 8.57. The second-order valence-electron chi connectivity index (χ2n) is 6.73. The first-order valence-corrected chi connectivity index (χ1v) is 8.57. The predicted molar refractivity (Wildman–Crippen MR) is 93.0 cm³/mol. The van der Waals surface area contributed by atoms with Crippen molar-refractivity contribution in [3.05, 3.63) is 18.3 Å². The van der Waals surface area contributed by atoms with Gasteiger partial charge in [0.05, 0.1) is 11.9 Å². The van der Waals surface area contributed by atoms with Crippen LogP contribution in [-0.4, -0.2) is 67.1 Å². The molecule has 2 fully saturated rings. The quantitative estimate of drug-likeness (QED) is 0.925. The highest BCUT2D eigenvalue weighted by Crippen LogP contribution is 2.22. The number of nitrogens with zero attached hydrogens (tertiary/aromatic N) is 4. The van der Waals surface area contributed by atoms with Gasteiger partial charge in [-0.05, 0) is 50.9 Å². The van der Waals surface area contributed by atoms with Crippen LogP contribution in [0.3, 0.4) is 0 Å². The molecule has 1 aromatic heterocycles. The van der Waals surface area contributed by atoms with E-state index >= 15 is 0 Å². The van der Waals surface area contributed by atoms with Crippen LogP contribution in [0.1, 0.15) is 25.7 Å². The lowest BCUT2D eigenvalue weighted by Gasteiger charge is -2.28. The summed E-state index contributed by atoms with van der Waals surface area (Å²) in [5.41, 5.74) is 0.757. The number of urea groups is 1. The number of hydrogen-bond donors (Lipinski definition) is 1. The molecular formula is C17H27N5O. The summed E-state index contributed by atoms with van der Waals surface area (Å²) >= 11 is 0. The number of aromatic nitrogens is 1. The second-order valence-corrected chi connectivity index (χ2v) is 6.73. The first kappa shape index (κ1) is 16.1. The highest BCUT2D eigenvalue weighted by Gasteiger charge is 2.30. The minimum absolute atomic E-state index is 0.00565. The monoisotopic (exact) mass is 317 g/mol. The molecule has 2 saturated heterocycles. The summed E-state index contributed by atoms with van der Waals surface area (Å²) in [5, 5.41) is 2.99. The van der Waals surface area contributed by atoms with Crippen LogP contribution in [0.4, 0.5) is 16.3 Å². The number of rotatable bonds is 4. The highest BCUT2D eigenvalue weighted by atomic mass is 16.2. The molecule has 0 radical (unpaired) electrons. The van der Waals surface area contributed by atoms with Crippen LogP contribution in [-0.2, 0) is 0 Å². The molecule has 0 aliphatic carbocycles. The van der Waals surface area contributed by atoms with E-state index in [1.165, 1.54) is 25.9 Å². The summed E-state index contributed by atoms with van der Waals surface area (Å²) in [4.78, 5) is 23.4. The smallest absolute Gasteiger partial charge is 0.322 e. The van der Waals surface area contributed by atoms with Gasteiger partial charge < -0.3 is 20.0 Å². The van der Waals surface area contributed by atoms with E-state index in [0.717, 1.165) is 37.4 Å². The SMILES string of the molecule is CN(C)c1ccc(NC(=O)N2CCCC2CN2CCCC2)cn1. The van der Waals surface area contributed by atoms with Crippen LogP contribution >= 0.6 is 0 Å². The van der Waals surface area contributed by atoms with Crippen LogP contribution in [0.25, 0.3) is 0 Å². The standard InChI is InChI=1S/C17H27N5O/c1-20(2)16-8-7-14(12-18-16)19-17(23)22-11-5-6-15(22)13-21-9-3-4-10-21/h7-8,12,15H,3-6,9-11,13H2,1-2H3,(H,19,23). The largest absolute Gasteiger partial charge is 0.363 e. The molecule has 3 heterocycles. The van der Waals surface area contributed by atoms with Crippen molar-refractivity contribution in [2.75, 3.05) is 50.5 Å². The zero-order valence-electron chi connectivity index (χ0n) is 14.2. The second kappa shape index (κ2) is 7.17. The Labute approximate surface area is 138 Å². The fourth-order valence-corrected chi connectivity index (χ4v) is 3.48. The maximum absolute atomic E-state index is 12.6. The number of carbonyl (C=O) groups excluding carboxylic acids is 1. The molecule has 6 nitrogen and oxygen atoms in total. The van der Waals surface area contributed by atoms with E-state index in [4.69, 9.17) is 0 Å². The maximum atomic E-state index is 12.6. The highest BCUT2D eigenvalue weighted by molar-refractivity contribution is 5.89. The van der Waals surface area contributed by atoms with Crippen molar-refractivity contribution in [2.24, 2.45) is 0 Å². The van der Waals surface area contributed by atoms with Gasteiger partial charge in [-0.1, -0.05) is 0 Å². The van der Waals surface area contributed by atoms with E-state index in [9.17, 15) is 4.79 Å². The lowest BCUT2D eigenvalue weighted by Crippen LogP contribution is -2.44. The minimum Gasteiger partial charge on any atom is -0.363 e. The molecule has 2 amide bonds. The first-order chi connectivity index (χ1) is 11.1. The Morgan fingerprint density at radius 1 is 1.26 bits per heavy atom. The van der Waals surface area contributed by atoms with Gasteiger partial charge in [-0.15, -0.1) is 0 Å². The topological polar surface area (TPSA) is 51.7 Å². The number of pyridine rings is 1. The Kier molecular flexibility index (Phi) is 5.00. The molecule has 126 valence electrons. The third-order valence-corrected chi connectivity index (χ3v) is 4.76. The van der Waals surface area contributed by atoms with Crippen molar-refractivity contribution in [3.63, 3.8) is 0 Å². The van der Waals surface area contributed by atoms with Crippen LogP contribution in [0.5, 0.6) is 0 Å². The molecule has 6 heteroatoms. The minimum atomic E-state index is 0.00565. The van der Waals surface area contributed by atoms with Gasteiger partial charge in [0.1, 0.15) is 5.82 Å². The molecule has 1 atom stereocenters. The molecule has 0 bridgehead atoms. The zero-order valence-corrected chi connectivity index (χ0v) is 14.2. The van der Waals surface area contributed by atoms with Gasteiger partial charge in [-0.3, -0.25) is 0 Å². The van der Waals surface area contributed by atoms with Crippen LogP contribution in [0, 0.1) is 0 Å². The average Bonchev–Trinajstić information content (AvgIpc) is 3.20. The van der Waals surface area contributed by atoms with Crippen LogP contribution < -0.4 is 10.2 Å². The molecule has 3 rings (SSSR count). The molecule has 1 unspecified atom stereocenters. The lowest BCUT2D eigenvalue weighted by atomic mass is 10.2. The van der Waals surface area contributed by atoms with Gasteiger partial charge in [0, 0.05) is 33.2 Å². The molecular weight excluding hydrogens is 290 g/mol. The van der Waals surface area contributed by atoms with Crippen molar-refractivity contribution >= 4 is 17.5 Å². The van der Waals surface area contributed by atoms with Gasteiger partial charge in [0.15, 0.2) is 0 Å². The summed E-state index contributed by atoms with van der Waals surface area (Å²) in [6.07, 6.45) is 6.52. The van der Waals surface area contributed by atoms with Gasteiger partial charge in [-0.25, -0.2) is 9.78 Å². The summed E-state index contributed by atoms with van der Waals surface area (Å²) in [6, 6.07) is 4.18. The third kappa shape index (κ3) is 3.93. The molecule has 1 aromatic rings. The normalized spacial score (nSPS) is 21.7. The van der Waals surface area contributed by atoms with Gasteiger partial charge >= 0.3 is 6.03 Å². The number of carbonyl (C=O) groups is 1. The number of hydrogen-bond acceptors (Lipinski definition) is 4.